The Balaban J connectivity index is 3.24. The molecule has 0 fully saturated rings. The number of aliphatic hydroxyl groups is 2. The van der Waals surface area contributed by atoms with E-state index < -0.39 is 12.2 Å². The highest BCUT2D eigenvalue weighted by molar-refractivity contribution is 4.67. The maximum atomic E-state index is 10.2. The zero-order valence-electron chi connectivity index (χ0n) is 22.4. The average molecular weight is 455 g/mol. The Morgan fingerprint density at radius 2 is 0.500 bits per heavy atom. The number of hydrogen-bond acceptors (Lipinski definition) is 2. The first-order valence-electron chi connectivity index (χ1n) is 15.1. The van der Waals surface area contributed by atoms with Crippen LogP contribution >= 0.6 is 0 Å². The first-order valence-corrected chi connectivity index (χ1v) is 15.1. The van der Waals surface area contributed by atoms with Gasteiger partial charge in [0.2, 0.25) is 0 Å². The molecule has 0 aromatic carbocycles. The molecular weight excluding hydrogens is 392 g/mol. The topological polar surface area (TPSA) is 40.5 Å². The lowest BCUT2D eigenvalue weighted by Crippen LogP contribution is -2.25. The number of hydrogen-bond donors (Lipinski definition) is 2. The molecule has 0 saturated carbocycles. The summed E-state index contributed by atoms with van der Waals surface area (Å²) in [4.78, 5) is 0. The molecule has 0 bridgehead atoms. The molecule has 2 unspecified atom stereocenters. The molecule has 2 heteroatoms. The second kappa shape index (κ2) is 27.2. The van der Waals surface area contributed by atoms with Crippen LogP contribution in [0.5, 0.6) is 0 Å². The van der Waals surface area contributed by atoms with Crippen molar-refractivity contribution < 1.29 is 10.2 Å². The Morgan fingerprint density at radius 1 is 0.312 bits per heavy atom. The molecule has 0 saturated heterocycles. The molecule has 0 aliphatic rings. The van der Waals surface area contributed by atoms with E-state index in [0.717, 1.165) is 25.7 Å². The highest BCUT2D eigenvalue weighted by Crippen LogP contribution is 2.17. The van der Waals surface area contributed by atoms with E-state index in [1.54, 1.807) is 0 Å². The molecule has 0 amide bonds. The van der Waals surface area contributed by atoms with Crippen molar-refractivity contribution in [3.05, 3.63) is 0 Å². The van der Waals surface area contributed by atoms with Gasteiger partial charge in [0.15, 0.2) is 0 Å². The van der Waals surface area contributed by atoms with E-state index in [2.05, 4.69) is 13.8 Å². The van der Waals surface area contributed by atoms with Crippen LogP contribution in [0.25, 0.3) is 0 Å². The minimum Gasteiger partial charge on any atom is -0.390 e. The normalized spacial score (nSPS) is 13.5. The molecule has 32 heavy (non-hydrogen) atoms. The van der Waals surface area contributed by atoms with Crippen molar-refractivity contribution in [3.63, 3.8) is 0 Å². The van der Waals surface area contributed by atoms with Gasteiger partial charge in [0.1, 0.15) is 0 Å². The van der Waals surface area contributed by atoms with Crippen LogP contribution in [0.15, 0.2) is 0 Å². The van der Waals surface area contributed by atoms with Crippen LogP contribution in [-0.2, 0) is 0 Å². The Bertz CT molecular complexity index is 331. The Morgan fingerprint density at radius 3 is 0.719 bits per heavy atom. The van der Waals surface area contributed by atoms with Gasteiger partial charge < -0.3 is 10.2 Å². The maximum Gasteiger partial charge on any atom is 0.0799 e. The lowest BCUT2D eigenvalue weighted by Gasteiger charge is -2.17. The van der Waals surface area contributed by atoms with Crippen molar-refractivity contribution >= 4 is 0 Å². The lowest BCUT2D eigenvalue weighted by atomic mass is 9.99. The molecule has 2 N–H and O–H groups in total. The second-order valence-corrected chi connectivity index (χ2v) is 10.5. The monoisotopic (exact) mass is 454 g/mol. The molecule has 2 nitrogen and oxygen atoms in total. The minimum atomic E-state index is -0.508. The van der Waals surface area contributed by atoms with Crippen molar-refractivity contribution in [1.82, 2.24) is 0 Å². The van der Waals surface area contributed by atoms with Gasteiger partial charge in [-0.25, -0.2) is 0 Å². The van der Waals surface area contributed by atoms with Gasteiger partial charge >= 0.3 is 0 Å². The summed E-state index contributed by atoms with van der Waals surface area (Å²) in [6.07, 6.45) is 32.8. The summed E-state index contributed by atoms with van der Waals surface area (Å²) >= 11 is 0. The molecule has 194 valence electrons. The second-order valence-electron chi connectivity index (χ2n) is 10.5. The van der Waals surface area contributed by atoms with E-state index >= 15 is 0 Å². The first kappa shape index (κ1) is 31.9. The fourth-order valence-corrected chi connectivity index (χ4v) is 4.77. The van der Waals surface area contributed by atoms with E-state index in [-0.39, 0.29) is 0 Å². The van der Waals surface area contributed by atoms with Crippen molar-refractivity contribution in [3.8, 4) is 0 Å². The third-order valence-corrected chi connectivity index (χ3v) is 7.15. The molecule has 0 spiro atoms. The summed E-state index contributed by atoms with van der Waals surface area (Å²) < 4.78 is 0. The van der Waals surface area contributed by atoms with E-state index in [1.807, 2.05) is 0 Å². The molecule has 2 atom stereocenters. The quantitative estimate of drug-likeness (QED) is 0.121. The maximum absolute atomic E-state index is 10.2. The minimum absolute atomic E-state index is 0.508. The van der Waals surface area contributed by atoms with E-state index in [4.69, 9.17) is 0 Å². The van der Waals surface area contributed by atoms with Gasteiger partial charge in [-0.2, -0.15) is 0 Å². The molecule has 0 aliphatic carbocycles. The highest BCUT2D eigenvalue weighted by atomic mass is 16.3. The SMILES string of the molecule is CCCCCCCCCCCCCCCCCCCC(O)C(O)CCCCCCCCC. The van der Waals surface area contributed by atoms with Crippen LogP contribution in [0.2, 0.25) is 0 Å². The predicted octanol–water partition coefficient (Wildman–Crippen LogP) is 9.89. The molecule has 0 radical (unpaired) electrons. The van der Waals surface area contributed by atoms with E-state index in [0.29, 0.717) is 0 Å². The van der Waals surface area contributed by atoms with Crippen LogP contribution in [-0.4, -0.2) is 22.4 Å². The molecular formula is C30H62O2. The average Bonchev–Trinajstić information content (AvgIpc) is 2.80. The van der Waals surface area contributed by atoms with Gasteiger partial charge in [0, 0.05) is 0 Å². The first-order chi connectivity index (χ1) is 15.7. The number of aliphatic hydroxyl groups excluding tert-OH is 2. The molecule has 0 aliphatic heterocycles. The van der Waals surface area contributed by atoms with Crippen LogP contribution in [0.1, 0.15) is 181 Å². The third kappa shape index (κ3) is 24.6. The van der Waals surface area contributed by atoms with Crippen molar-refractivity contribution in [2.75, 3.05) is 0 Å². The van der Waals surface area contributed by atoms with Gasteiger partial charge in [-0.15, -0.1) is 0 Å². The van der Waals surface area contributed by atoms with Crippen LogP contribution in [0.4, 0.5) is 0 Å². The van der Waals surface area contributed by atoms with Gasteiger partial charge in [0.05, 0.1) is 12.2 Å². The Hall–Kier alpha value is -0.0800. The number of rotatable bonds is 27. The van der Waals surface area contributed by atoms with Gasteiger partial charge in [0.25, 0.3) is 0 Å². The number of unbranched alkanes of at least 4 members (excludes halogenated alkanes) is 22. The standard InChI is InChI=1S/C30H62O2/c1-3-5-7-9-11-12-13-14-15-16-17-18-19-20-22-24-26-28-30(32)29(31)27-25-23-21-10-8-6-4-2/h29-32H,3-28H2,1-2H3. The lowest BCUT2D eigenvalue weighted by molar-refractivity contribution is 0.00711. The summed E-state index contributed by atoms with van der Waals surface area (Å²) in [5, 5.41) is 20.3. The molecule has 0 rings (SSSR count). The largest absolute Gasteiger partial charge is 0.390 e. The van der Waals surface area contributed by atoms with Crippen LogP contribution in [0.3, 0.4) is 0 Å². The molecule has 0 heterocycles. The van der Waals surface area contributed by atoms with Crippen molar-refractivity contribution in [1.29, 1.82) is 0 Å². The summed E-state index contributed by atoms with van der Waals surface area (Å²) in [5.41, 5.74) is 0. The summed E-state index contributed by atoms with van der Waals surface area (Å²) in [6.45, 7) is 4.54. The van der Waals surface area contributed by atoms with E-state index in [9.17, 15) is 10.2 Å². The van der Waals surface area contributed by atoms with Crippen LogP contribution < -0.4 is 0 Å². The van der Waals surface area contributed by atoms with Crippen molar-refractivity contribution in [2.24, 2.45) is 0 Å². The smallest absolute Gasteiger partial charge is 0.0799 e. The third-order valence-electron chi connectivity index (χ3n) is 7.15. The molecule has 0 aromatic heterocycles. The Kier molecular flexibility index (Phi) is 27.1. The zero-order chi connectivity index (χ0) is 23.5. The van der Waals surface area contributed by atoms with Crippen LogP contribution in [0, 0.1) is 0 Å². The fourth-order valence-electron chi connectivity index (χ4n) is 4.77. The summed E-state index contributed by atoms with van der Waals surface area (Å²) in [6, 6.07) is 0. The van der Waals surface area contributed by atoms with E-state index in [1.165, 1.54) is 141 Å². The predicted molar refractivity (Wildman–Crippen MR) is 143 cm³/mol. The van der Waals surface area contributed by atoms with Crippen molar-refractivity contribution in [2.45, 2.75) is 193 Å². The Labute approximate surface area is 203 Å². The molecule has 0 aromatic rings. The van der Waals surface area contributed by atoms with Gasteiger partial charge in [-0.3, -0.25) is 0 Å². The summed E-state index contributed by atoms with van der Waals surface area (Å²) in [5.74, 6) is 0. The summed E-state index contributed by atoms with van der Waals surface area (Å²) in [7, 11) is 0. The zero-order valence-corrected chi connectivity index (χ0v) is 22.4. The highest BCUT2D eigenvalue weighted by Gasteiger charge is 2.15. The fraction of sp³-hybridized carbons (Fsp3) is 1.00. The van der Waals surface area contributed by atoms with Gasteiger partial charge in [-0.1, -0.05) is 168 Å². The van der Waals surface area contributed by atoms with Gasteiger partial charge in [-0.05, 0) is 12.8 Å².